The molecule has 0 saturated carbocycles. The minimum Gasteiger partial charge on any atom is -0.462 e. The van der Waals surface area contributed by atoms with Gasteiger partial charge in [-0.15, -0.1) is 0 Å². The number of hydrogen-bond acceptors (Lipinski definition) is 5. The van der Waals surface area contributed by atoms with Crippen molar-refractivity contribution in [1.29, 1.82) is 0 Å². The Balaban J connectivity index is 3.39. The summed E-state index contributed by atoms with van der Waals surface area (Å²) in [6.07, 6.45) is 76.5. The Morgan fingerprint density at radius 3 is 0.970 bits per heavy atom. The molecule has 0 fully saturated rings. The summed E-state index contributed by atoms with van der Waals surface area (Å²) in [6.45, 7) is 4.07. The first kappa shape index (κ1) is 63.6. The zero-order valence-electron chi connectivity index (χ0n) is 44.0. The van der Waals surface area contributed by atoms with Gasteiger partial charge in [-0.05, 0) is 77.0 Å². The lowest BCUT2D eigenvalue weighted by molar-refractivity contribution is -0.161. The first-order chi connectivity index (χ1) is 32.6. The summed E-state index contributed by atoms with van der Waals surface area (Å²) in [6, 6.07) is 0. The van der Waals surface area contributed by atoms with Gasteiger partial charge in [-0.3, -0.25) is 9.59 Å². The molecule has 0 amide bonds. The Morgan fingerprint density at radius 2 is 0.636 bits per heavy atom. The minimum atomic E-state index is -0.776. The van der Waals surface area contributed by atoms with Gasteiger partial charge in [0.1, 0.15) is 6.61 Å². The summed E-state index contributed by atoms with van der Waals surface area (Å²) in [7, 11) is 0. The van der Waals surface area contributed by atoms with Crippen molar-refractivity contribution >= 4 is 11.9 Å². The van der Waals surface area contributed by atoms with Crippen LogP contribution in [0.1, 0.15) is 296 Å². The van der Waals surface area contributed by atoms with Crippen LogP contribution in [0.2, 0.25) is 0 Å². The summed E-state index contributed by atoms with van der Waals surface area (Å²) in [4.78, 5) is 24.4. The number of allylic oxidation sites excluding steroid dienone is 10. The lowest BCUT2D eigenvalue weighted by Crippen LogP contribution is -2.28. The second-order valence-corrected chi connectivity index (χ2v) is 19.4. The number of carbonyl (C=O) groups is 2. The predicted molar refractivity (Wildman–Crippen MR) is 288 cm³/mol. The number of rotatable bonds is 53. The van der Waals surface area contributed by atoms with Crippen molar-refractivity contribution in [3.63, 3.8) is 0 Å². The van der Waals surface area contributed by atoms with E-state index in [1.54, 1.807) is 0 Å². The average Bonchev–Trinajstić information content (AvgIpc) is 3.32. The first-order valence-electron chi connectivity index (χ1n) is 28.8. The summed E-state index contributed by atoms with van der Waals surface area (Å²) < 4.78 is 10.7. The van der Waals surface area contributed by atoms with Crippen molar-refractivity contribution in [1.82, 2.24) is 0 Å². The molecule has 5 heteroatoms. The van der Waals surface area contributed by atoms with Crippen LogP contribution in [0.15, 0.2) is 60.8 Å². The third-order valence-corrected chi connectivity index (χ3v) is 12.8. The molecule has 1 atom stereocenters. The Labute approximate surface area is 411 Å². The van der Waals surface area contributed by atoms with Crippen LogP contribution in [-0.2, 0) is 19.1 Å². The molecule has 0 aromatic carbocycles. The largest absolute Gasteiger partial charge is 0.462 e. The van der Waals surface area contributed by atoms with Crippen LogP contribution in [0.25, 0.3) is 0 Å². The van der Waals surface area contributed by atoms with Gasteiger partial charge in [-0.2, -0.15) is 0 Å². The molecule has 0 heterocycles. The molecule has 0 aromatic rings. The van der Waals surface area contributed by atoms with Crippen LogP contribution >= 0.6 is 0 Å². The number of aliphatic hydroxyl groups is 1. The first-order valence-corrected chi connectivity index (χ1v) is 28.8. The molecular formula is C61H110O5. The number of esters is 2. The van der Waals surface area contributed by atoms with Crippen molar-refractivity contribution < 1.29 is 24.2 Å². The van der Waals surface area contributed by atoms with E-state index in [9.17, 15) is 14.7 Å². The fraction of sp³-hybridized carbons (Fsp3) is 0.803. The molecule has 0 saturated heterocycles. The number of carbonyl (C=O) groups excluding carboxylic acids is 2. The smallest absolute Gasteiger partial charge is 0.306 e. The quantitative estimate of drug-likeness (QED) is 0.0374. The summed E-state index contributed by atoms with van der Waals surface area (Å²) in [5.41, 5.74) is 0. The van der Waals surface area contributed by atoms with Crippen molar-refractivity contribution in [2.75, 3.05) is 13.2 Å². The van der Waals surface area contributed by atoms with Crippen LogP contribution in [0.3, 0.4) is 0 Å². The maximum atomic E-state index is 12.3. The number of aliphatic hydroxyl groups excluding tert-OH is 1. The number of hydrogen-bond donors (Lipinski definition) is 1. The summed E-state index contributed by atoms with van der Waals surface area (Å²) in [5, 5.41) is 9.62. The Hall–Kier alpha value is -2.40. The van der Waals surface area contributed by atoms with E-state index in [4.69, 9.17) is 9.47 Å². The molecule has 0 rings (SSSR count). The van der Waals surface area contributed by atoms with Gasteiger partial charge in [0, 0.05) is 12.8 Å². The van der Waals surface area contributed by atoms with Gasteiger partial charge in [0.15, 0.2) is 6.10 Å². The van der Waals surface area contributed by atoms with Crippen LogP contribution in [0, 0.1) is 0 Å². The zero-order chi connectivity index (χ0) is 47.7. The van der Waals surface area contributed by atoms with Gasteiger partial charge in [-0.25, -0.2) is 0 Å². The Kier molecular flexibility index (Phi) is 54.9. The summed E-state index contributed by atoms with van der Waals surface area (Å²) >= 11 is 0. The molecule has 1 unspecified atom stereocenters. The monoisotopic (exact) mass is 923 g/mol. The minimum absolute atomic E-state index is 0.0712. The molecule has 5 nitrogen and oxygen atoms in total. The van der Waals surface area contributed by atoms with E-state index in [1.807, 2.05) is 0 Å². The van der Waals surface area contributed by atoms with Crippen LogP contribution in [0.5, 0.6) is 0 Å². The van der Waals surface area contributed by atoms with Crippen LogP contribution < -0.4 is 0 Å². The summed E-state index contributed by atoms with van der Waals surface area (Å²) in [5.74, 6) is -0.598. The highest BCUT2D eigenvalue weighted by molar-refractivity contribution is 5.70. The molecule has 0 bridgehead atoms. The van der Waals surface area contributed by atoms with Crippen molar-refractivity contribution in [3.05, 3.63) is 60.8 Å². The maximum Gasteiger partial charge on any atom is 0.306 e. The average molecular weight is 924 g/mol. The van der Waals surface area contributed by atoms with E-state index in [0.717, 1.165) is 70.6 Å². The number of ether oxygens (including phenoxy) is 2. The van der Waals surface area contributed by atoms with Crippen LogP contribution in [0.4, 0.5) is 0 Å². The zero-order valence-corrected chi connectivity index (χ0v) is 44.0. The standard InChI is InChI=1S/C61H110O5/c1-3-5-7-9-11-13-15-17-18-19-20-21-22-23-24-25-26-27-28-29-30-31-32-33-34-35-36-37-38-39-40-41-42-44-46-48-50-52-54-56-61(64)66-59(57-62)58-65-60(63)55-53-51-49-47-45-43-16-14-12-10-8-6-4-2/h8,10,14-17,19-20,22-23,59,62H,3-7,9,11-13,18,21,24-58H2,1-2H3/b10-8-,16-14-,17-15-,20-19-,23-22-. The highest BCUT2D eigenvalue weighted by Gasteiger charge is 2.16. The molecule has 0 spiro atoms. The molecule has 384 valence electrons. The number of unbranched alkanes of at least 4 members (excludes halogenated alkanes) is 35. The fourth-order valence-electron chi connectivity index (χ4n) is 8.43. The molecule has 0 aliphatic rings. The lowest BCUT2D eigenvalue weighted by atomic mass is 10.0. The topological polar surface area (TPSA) is 72.8 Å². The Bertz CT molecular complexity index is 1130. The van der Waals surface area contributed by atoms with Gasteiger partial charge < -0.3 is 14.6 Å². The van der Waals surface area contributed by atoms with Crippen molar-refractivity contribution in [2.24, 2.45) is 0 Å². The van der Waals surface area contributed by atoms with E-state index in [1.165, 1.54) is 199 Å². The highest BCUT2D eigenvalue weighted by Crippen LogP contribution is 2.17. The third-order valence-electron chi connectivity index (χ3n) is 12.8. The maximum absolute atomic E-state index is 12.3. The normalized spacial score (nSPS) is 12.6. The van der Waals surface area contributed by atoms with Crippen molar-refractivity contribution in [2.45, 2.75) is 302 Å². The fourth-order valence-corrected chi connectivity index (χ4v) is 8.43. The second-order valence-electron chi connectivity index (χ2n) is 19.4. The lowest BCUT2D eigenvalue weighted by Gasteiger charge is -2.15. The molecule has 1 N–H and O–H groups in total. The molecule has 0 aromatic heterocycles. The molecule has 66 heavy (non-hydrogen) atoms. The van der Waals surface area contributed by atoms with Crippen molar-refractivity contribution in [3.8, 4) is 0 Å². The van der Waals surface area contributed by atoms with E-state index in [0.29, 0.717) is 12.8 Å². The van der Waals surface area contributed by atoms with E-state index >= 15 is 0 Å². The third kappa shape index (κ3) is 54.2. The van der Waals surface area contributed by atoms with E-state index in [2.05, 4.69) is 74.6 Å². The van der Waals surface area contributed by atoms with Gasteiger partial charge in [-0.1, -0.05) is 267 Å². The molecule has 0 aliphatic heterocycles. The van der Waals surface area contributed by atoms with Crippen LogP contribution in [-0.4, -0.2) is 36.4 Å². The van der Waals surface area contributed by atoms with Gasteiger partial charge in [0.05, 0.1) is 6.61 Å². The molecular weight excluding hydrogens is 813 g/mol. The molecule has 0 aliphatic carbocycles. The predicted octanol–water partition coefficient (Wildman–Crippen LogP) is 19.4. The van der Waals surface area contributed by atoms with Gasteiger partial charge in [0.25, 0.3) is 0 Å². The van der Waals surface area contributed by atoms with E-state index < -0.39 is 6.10 Å². The SMILES string of the molecule is CCC/C=C\C/C=C\CCCCCCCC(=O)OCC(CO)OC(=O)CCCCCCCCCCCCCCCCCCCCCCCCCC/C=C\C/C=C\C/C=C\CCCCCCC. The molecule has 0 radical (unpaired) electrons. The Morgan fingerprint density at radius 1 is 0.348 bits per heavy atom. The van der Waals surface area contributed by atoms with Gasteiger partial charge >= 0.3 is 11.9 Å². The highest BCUT2D eigenvalue weighted by atomic mass is 16.6. The second kappa shape index (κ2) is 56.9. The van der Waals surface area contributed by atoms with E-state index in [-0.39, 0.29) is 25.2 Å². The van der Waals surface area contributed by atoms with Gasteiger partial charge in [0.2, 0.25) is 0 Å².